The van der Waals surface area contributed by atoms with Crippen molar-refractivity contribution in [3.05, 3.63) is 80.0 Å². The topological polar surface area (TPSA) is 158 Å². The van der Waals surface area contributed by atoms with E-state index in [1.54, 1.807) is 26.0 Å². The Kier molecular flexibility index (Phi) is 12.4. The van der Waals surface area contributed by atoms with Crippen molar-refractivity contribution in [1.29, 1.82) is 0 Å². The number of aromatic nitrogens is 2. The standard InChI is InChI=1S/C31H39BrN3O9P/c1-4-5-8-16-41-30(38)28(20(2)3)34-45(40,44-25-13-9-11-21-10-6-7-12-23(21)25)42-19-26-24(36)17-27(43-26)35-18-22(14-15-32)29(37)33-31(35)39/h6-7,9-15,18,20,24,26-28,36H,4-5,8,16-17,19H2,1-3H3,(H,34,40)(H,33,37,39)/b15-14+/t24-,26+,27+,28-,45?/m0/s1. The number of aliphatic hydroxyl groups is 1. The molecule has 2 heterocycles. The van der Waals surface area contributed by atoms with Gasteiger partial charge in [-0.05, 0) is 34.9 Å². The van der Waals surface area contributed by atoms with Gasteiger partial charge in [0.05, 0.1) is 24.9 Å². The first-order valence-electron chi connectivity index (χ1n) is 14.9. The number of carbonyl (C=O) groups is 1. The highest BCUT2D eigenvalue weighted by molar-refractivity contribution is 9.11. The monoisotopic (exact) mass is 707 g/mol. The predicted molar refractivity (Wildman–Crippen MR) is 174 cm³/mol. The molecule has 1 aliphatic rings. The molecule has 14 heteroatoms. The molecule has 0 bridgehead atoms. The zero-order valence-electron chi connectivity index (χ0n) is 25.4. The van der Waals surface area contributed by atoms with E-state index in [1.165, 1.54) is 21.8 Å². The second kappa shape index (κ2) is 16.0. The Hall–Kier alpha value is -3.06. The van der Waals surface area contributed by atoms with Crippen LogP contribution in [0.4, 0.5) is 0 Å². The van der Waals surface area contributed by atoms with Crippen molar-refractivity contribution in [1.82, 2.24) is 14.6 Å². The van der Waals surface area contributed by atoms with Crippen LogP contribution in [0.5, 0.6) is 5.75 Å². The molecule has 4 rings (SSSR count). The van der Waals surface area contributed by atoms with Crippen molar-refractivity contribution < 1.29 is 33.0 Å². The van der Waals surface area contributed by atoms with E-state index < -0.39 is 56.0 Å². The molecule has 0 spiro atoms. The second-order valence-electron chi connectivity index (χ2n) is 11.1. The van der Waals surface area contributed by atoms with E-state index in [4.69, 9.17) is 18.5 Å². The summed E-state index contributed by atoms with van der Waals surface area (Å²) in [4.78, 5) is 41.4. The van der Waals surface area contributed by atoms with Crippen molar-refractivity contribution in [3.8, 4) is 5.75 Å². The fourth-order valence-electron chi connectivity index (χ4n) is 4.86. The minimum Gasteiger partial charge on any atom is -0.465 e. The molecule has 12 nitrogen and oxygen atoms in total. The van der Waals surface area contributed by atoms with Crippen LogP contribution in [0.2, 0.25) is 0 Å². The number of hydrogen-bond acceptors (Lipinski definition) is 9. The molecule has 45 heavy (non-hydrogen) atoms. The third-order valence-electron chi connectivity index (χ3n) is 7.34. The molecule has 1 saturated heterocycles. The van der Waals surface area contributed by atoms with Gasteiger partial charge in [0, 0.05) is 18.0 Å². The molecule has 1 unspecified atom stereocenters. The molecule has 244 valence electrons. The number of ether oxygens (including phenoxy) is 2. The zero-order chi connectivity index (χ0) is 32.6. The van der Waals surface area contributed by atoms with Crippen molar-refractivity contribution in [2.45, 2.75) is 70.9 Å². The van der Waals surface area contributed by atoms with Crippen molar-refractivity contribution in [3.63, 3.8) is 0 Å². The van der Waals surface area contributed by atoms with Gasteiger partial charge in [-0.1, -0.05) is 85.9 Å². The minimum absolute atomic E-state index is 0.00193. The lowest BCUT2D eigenvalue weighted by atomic mass is 10.1. The van der Waals surface area contributed by atoms with Gasteiger partial charge in [0.25, 0.3) is 5.56 Å². The molecule has 3 aromatic rings. The Balaban J connectivity index is 1.57. The number of halogens is 1. The van der Waals surface area contributed by atoms with E-state index in [0.29, 0.717) is 11.8 Å². The third kappa shape index (κ3) is 9.02. The Bertz CT molecular complexity index is 1650. The number of esters is 1. The van der Waals surface area contributed by atoms with Gasteiger partial charge in [0.1, 0.15) is 24.1 Å². The molecule has 1 fully saturated rings. The van der Waals surface area contributed by atoms with Gasteiger partial charge >= 0.3 is 19.4 Å². The van der Waals surface area contributed by atoms with E-state index >= 15 is 0 Å². The molecule has 0 amide bonds. The first-order valence-corrected chi connectivity index (χ1v) is 17.3. The number of nitrogens with one attached hydrogen (secondary N) is 2. The molecule has 1 aromatic heterocycles. The maximum Gasteiger partial charge on any atom is 0.459 e. The SMILES string of the molecule is CCCCCOC(=O)[C@@H](NP(=O)(OC[C@H]1O[C@@H](n2cc(/C=C/Br)c(=O)[nH]c2=O)C[C@@H]1O)Oc1cccc2ccccc12)C(C)C. The molecule has 0 saturated carbocycles. The van der Waals surface area contributed by atoms with E-state index in [0.717, 1.165) is 18.2 Å². The summed E-state index contributed by atoms with van der Waals surface area (Å²) in [5, 5.41) is 15.1. The largest absolute Gasteiger partial charge is 0.465 e. The maximum absolute atomic E-state index is 14.4. The maximum atomic E-state index is 14.4. The predicted octanol–water partition coefficient (Wildman–Crippen LogP) is 5.26. The molecule has 1 aliphatic heterocycles. The quantitative estimate of drug-likeness (QED) is 0.108. The average Bonchev–Trinajstić information content (AvgIpc) is 3.38. The van der Waals surface area contributed by atoms with Crippen LogP contribution in [-0.2, 0) is 23.4 Å². The summed E-state index contributed by atoms with van der Waals surface area (Å²) in [5.74, 6) is -0.667. The Labute approximate surface area is 269 Å². The molecular weight excluding hydrogens is 669 g/mol. The van der Waals surface area contributed by atoms with Gasteiger partial charge in [-0.25, -0.2) is 9.36 Å². The summed E-state index contributed by atoms with van der Waals surface area (Å²) in [6, 6.07) is 11.6. The molecule has 3 N–H and O–H groups in total. The number of aromatic amines is 1. The van der Waals surface area contributed by atoms with Crippen LogP contribution in [0.15, 0.2) is 63.2 Å². The van der Waals surface area contributed by atoms with Crippen molar-refractivity contribution in [2.75, 3.05) is 13.2 Å². The lowest BCUT2D eigenvalue weighted by Crippen LogP contribution is -2.42. The molecular formula is C31H39BrN3O9P. The van der Waals surface area contributed by atoms with Gasteiger partial charge in [0.15, 0.2) is 0 Å². The highest BCUT2D eigenvalue weighted by Crippen LogP contribution is 2.48. The highest BCUT2D eigenvalue weighted by Gasteiger charge is 2.41. The number of hydrogen-bond donors (Lipinski definition) is 3. The fourth-order valence-corrected chi connectivity index (χ4v) is 6.83. The first kappa shape index (κ1) is 34.8. The van der Waals surface area contributed by atoms with Crippen LogP contribution in [0.1, 0.15) is 58.2 Å². The third-order valence-corrected chi connectivity index (χ3v) is 9.12. The average molecular weight is 709 g/mol. The van der Waals surface area contributed by atoms with E-state index in [9.17, 15) is 24.1 Å². The van der Waals surface area contributed by atoms with Gasteiger partial charge in [-0.2, -0.15) is 5.09 Å². The van der Waals surface area contributed by atoms with E-state index in [2.05, 4.69) is 26.0 Å². The second-order valence-corrected chi connectivity index (χ2v) is 13.3. The fraction of sp³-hybridized carbons (Fsp3) is 0.452. The number of H-pyrrole nitrogens is 1. The van der Waals surface area contributed by atoms with Gasteiger partial charge < -0.3 is 19.1 Å². The van der Waals surface area contributed by atoms with Crippen molar-refractivity contribution >= 4 is 46.5 Å². The molecule has 0 radical (unpaired) electrons. The number of unbranched alkanes of at least 4 members (excludes halogenated alkanes) is 2. The number of aliphatic hydroxyl groups excluding tert-OH is 1. The molecule has 2 aromatic carbocycles. The minimum atomic E-state index is -4.33. The Morgan fingerprint density at radius 3 is 2.71 bits per heavy atom. The summed E-state index contributed by atoms with van der Waals surface area (Å²) in [5.41, 5.74) is -1.09. The Morgan fingerprint density at radius 1 is 1.22 bits per heavy atom. The van der Waals surface area contributed by atoms with E-state index in [-0.39, 0.29) is 30.3 Å². The number of nitrogens with zero attached hydrogens (tertiary/aromatic N) is 1. The van der Waals surface area contributed by atoms with Crippen LogP contribution in [-0.4, -0.2) is 52.1 Å². The summed E-state index contributed by atoms with van der Waals surface area (Å²) in [6.07, 6.45) is 2.30. The van der Waals surface area contributed by atoms with Crippen LogP contribution in [0.3, 0.4) is 0 Å². The normalized spacial score (nSPS) is 20.4. The van der Waals surface area contributed by atoms with Crippen LogP contribution in [0.25, 0.3) is 16.8 Å². The van der Waals surface area contributed by atoms with Crippen LogP contribution in [0, 0.1) is 5.92 Å². The number of benzene rings is 2. The summed E-state index contributed by atoms with van der Waals surface area (Å²) in [7, 11) is -4.33. The highest BCUT2D eigenvalue weighted by atomic mass is 79.9. The number of rotatable bonds is 15. The Morgan fingerprint density at radius 2 is 1.98 bits per heavy atom. The lowest BCUT2D eigenvalue weighted by molar-refractivity contribution is -0.147. The molecule has 0 aliphatic carbocycles. The van der Waals surface area contributed by atoms with Gasteiger partial charge in [-0.3, -0.25) is 23.7 Å². The van der Waals surface area contributed by atoms with Gasteiger partial charge in [-0.15, -0.1) is 0 Å². The summed E-state index contributed by atoms with van der Waals surface area (Å²) >= 11 is 3.11. The molecule has 5 atom stereocenters. The first-order chi connectivity index (χ1) is 21.5. The van der Waals surface area contributed by atoms with Crippen LogP contribution >= 0.6 is 23.7 Å². The van der Waals surface area contributed by atoms with Gasteiger partial charge in [0.2, 0.25) is 0 Å². The summed E-state index contributed by atoms with van der Waals surface area (Å²) < 4.78 is 38.9. The lowest BCUT2D eigenvalue weighted by Gasteiger charge is -2.28. The number of carbonyl (C=O) groups excluding carboxylic acids is 1. The summed E-state index contributed by atoms with van der Waals surface area (Å²) in [6.45, 7) is 5.43. The van der Waals surface area contributed by atoms with E-state index in [1.807, 2.05) is 37.3 Å². The number of fused-ring (bicyclic) bond motifs is 1. The smallest absolute Gasteiger partial charge is 0.459 e. The zero-order valence-corrected chi connectivity index (χ0v) is 27.9. The van der Waals surface area contributed by atoms with Crippen molar-refractivity contribution in [2.24, 2.45) is 5.92 Å². The van der Waals surface area contributed by atoms with Crippen LogP contribution < -0.4 is 20.9 Å².